The standard InChI is InChI=1S/C10H21NO2/c1-6(2)7(10(3,4)5)8(11)9(12)13/h6-8H,11H2,1-5H3,(H,12,13)/t7?,8-/m0/s1. The summed E-state index contributed by atoms with van der Waals surface area (Å²) in [5.74, 6) is -0.621. The van der Waals surface area contributed by atoms with Crippen LogP contribution in [0.3, 0.4) is 0 Å². The molecule has 0 aliphatic heterocycles. The summed E-state index contributed by atoms with van der Waals surface area (Å²) in [6.45, 7) is 10.1. The van der Waals surface area contributed by atoms with Gasteiger partial charge in [0.2, 0.25) is 0 Å². The van der Waals surface area contributed by atoms with Crippen molar-refractivity contribution in [2.45, 2.75) is 40.7 Å². The van der Waals surface area contributed by atoms with E-state index in [0.717, 1.165) is 0 Å². The Hall–Kier alpha value is -0.570. The molecule has 0 saturated carbocycles. The molecule has 0 saturated heterocycles. The predicted molar refractivity (Wildman–Crippen MR) is 53.4 cm³/mol. The third kappa shape index (κ3) is 3.35. The molecule has 0 bridgehead atoms. The first-order valence-corrected chi connectivity index (χ1v) is 4.66. The van der Waals surface area contributed by atoms with Crippen LogP contribution < -0.4 is 5.73 Å². The highest BCUT2D eigenvalue weighted by molar-refractivity contribution is 5.73. The average molecular weight is 187 g/mol. The van der Waals surface area contributed by atoms with Crippen LogP contribution >= 0.6 is 0 Å². The summed E-state index contributed by atoms with van der Waals surface area (Å²) >= 11 is 0. The number of aliphatic carboxylic acids is 1. The van der Waals surface area contributed by atoms with Crippen molar-refractivity contribution in [3.63, 3.8) is 0 Å². The van der Waals surface area contributed by atoms with Gasteiger partial charge in [-0.15, -0.1) is 0 Å². The first-order valence-electron chi connectivity index (χ1n) is 4.66. The average Bonchev–Trinajstić information content (AvgIpc) is 1.82. The highest BCUT2D eigenvalue weighted by Gasteiger charge is 2.36. The van der Waals surface area contributed by atoms with Gasteiger partial charge in [-0.3, -0.25) is 4.79 Å². The molecule has 0 aliphatic rings. The highest BCUT2D eigenvalue weighted by atomic mass is 16.4. The third-order valence-corrected chi connectivity index (χ3v) is 2.39. The molecule has 0 amide bonds. The molecule has 0 rings (SSSR count). The Morgan fingerprint density at radius 2 is 1.69 bits per heavy atom. The van der Waals surface area contributed by atoms with Crippen molar-refractivity contribution in [1.29, 1.82) is 0 Å². The molecule has 0 aliphatic carbocycles. The van der Waals surface area contributed by atoms with Crippen molar-refractivity contribution in [2.24, 2.45) is 23.0 Å². The van der Waals surface area contributed by atoms with E-state index in [1.54, 1.807) is 0 Å². The lowest BCUT2D eigenvalue weighted by Gasteiger charge is -2.36. The van der Waals surface area contributed by atoms with E-state index in [1.165, 1.54) is 0 Å². The fourth-order valence-corrected chi connectivity index (χ4v) is 2.11. The Morgan fingerprint density at radius 3 is 1.77 bits per heavy atom. The molecule has 3 heteroatoms. The van der Waals surface area contributed by atoms with E-state index in [-0.39, 0.29) is 17.3 Å². The number of carboxylic acids is 1. The molecular weight excluding hydrogens is 166 g/mol. The quantitative estimate of drug-likeness (QED) is 0.707. The van der Waals surface area contributed by atoms with E-state index in [9.17, 15) is 4.79 Å². The van der Waals surface area contributed by atoms with Crippen molar-refractivity contribution < 1.29 is 9.90 Å². The first kappa shape index (κ1) is 12.4. The minimum Gasteiger partial charge on any atom is -0.480 e. The Balaban J connectivity index is 4.72. The first-order chi connectivity index (χ1) is 5.68. The van der Waals surface area contributed by atoms with Gasteiger partial charge in [-0.1, -0.05) is 34.6 Å². The summed E-state index contributed by atoms with van der Waals surface area (Å²) in [7, 11) is 0. The Bertz CT molecular complexity index is 182. The fraction of sp³-hybridized carbons (Fsp3) is 0.900. The molecule has 0 aromatic rings. The van der Waals surface area contributed by atoms with Crippen molar-refractivity contribution >= 4 is 5.97 Å². The van der Waals surface area contributed by atoms with Gasteiger partial charge >= 0.3 is 5.97 Å². The molecule has 0 aromatic carbocycles. The lowest BCUT2D eigenvalue weighted by Crippen LogP contribution is -2.46. The zero-order valence-electron chi connectivity index (χ0n) is 9.16. The van der Waals surface area contributed by atoms with Gasteiger partial charge < -0.3 is 10.8 Å². The number of hydrogen-bond acceptors (Lipinski definition) is 2. The Kier molecular flexibility index (Phi) is 3.91. The third-order valence-electron chi connectivity index (χ3n) is 2.39. The molecule has 0 spiro atoms. The summed E-state index contributed by atoms with van der Waals surface area (Å²) in [5, 5.41) is 8.84. The smallest absolute Gasteiger partial charge is 0.320 e. The zero-order chi connectivity index (χ0) is 10.8. The van der Waals surface area contributed by atoms with E-state index in [0.29, 0.717) is 0 Å². The largest absolute Gasteiger partial charge is 0.480 e. The van der Waals surface area contributed by atoms with Crippen LogP contribution in [0, 0.1) is 17.3 Å². The van der Waals surface area contributed by atoms with Crippen LogP contribution in [0.25, 0.3) is 0 Å². The van der Waals surface area contributed by atoms with Crippen LogP contribution in [-0.4, -0.2) is 17.1 Å². The number of carboxylic acid groups (broad SMARTS) is 1. The Morgan fingerprint density at radius 1 is 1.31 bits per heavy atom. The molecule has 0 heterocycles. The summed E-state index contributed by atoms with van der Waals surface area (Å²) < 4.78 is 0. The zero-order valence-corrected chi connectivity index (χ0v) is 9.16. The molecule has 0 fully saturated rings. The molecule has 3 N–H and O–H groups in total. The van der Waals surface area contributed by atoms with Crippen LogP contribution in [0.15, 0.2) is 0 Å². The second-order valence-corrected chi connectivity index (χ2v) is 5.00. The lowest BCUT2D eigenvalue weighted by molar-refractivity contribution is -0.141. The maximum absolute atomic E-state index is 10.8. The minimum absolute atomic E-state index is 0.00463. The van der Waals surface area contributed by atoms with Gasteiger partial charge in [-0.2, -0.15) is 0 Å². The van der Waals surface area contributed by atoms with Gasteiger partial charge in [-0.25, -0.2) is 0 Å². The molecule has 1 unspecified atom stereocenters. The van der Waals surface area contributed by atoms with Gasteiger partial charge in [0.25, 0.3) is 0 Å². The van der Waals surface area contributed by atoms with Crippen molar-refractivity contribution in [3.05, 3.63) is 0 Å². The summed E-state index contributed by atoms with van der Waals surface area (Å²) in [5.41, 5.74) is 5.58. The van der Waals surface area contributed by atoms with E-state index < -0.39 is 12.0 Å². The molecule has 0 radical (unpaired) electrons. The number of nitrogens with two attached hydrogens (primary N) is 1. The van der Waals surface area contributed by atoms with Gasteiger partial charge in [0, 0.05) is 0 Å². The van der Waals surface area contributed by atoms with E-state index in [4.69, 9.17) is 10.8 Å². The maximum Gasteiger partial charge on any atom is 0.320 e. The normalized spacial score (nSPS) is 17.2. The number of rotatable bonds is 3. The summed E-state index contributed by atoms with van der Waals surface area (Å²) in [6, 6.07) is -0.764. The molecule has 13 heavy (non-hydrogen) atoms. The number of hydrogen-bond donors (Lipinski definition) is 2. The summed E-state index contributed by atoms with van der Waals surface area (Å²) in [6.07, 6.45) is 0. The van der Waals surface area contributed by atoms with Gasteiger partial charge in [0.1, 0.15) is 6.04 Å². The van der Waals surface area contributed by atoms with Crippen molar-refractivity contribution in [3.8, 4) is 0 Å². The van der Waals surface area contributed by atoms with E-state index in [1.807, 2.05) is 34.6 Å². The molecule has 0 aromatic heterocycles. The minimum atomic E-state index is -0.909. The maximum atomic E-state index is 10.8. The number of carbonyl (C=O) groups is 1. The fourth-order valence-electron chi connectivity index (χ4n) is 2.11. The predicted octanol–water partition coefficient (Wildman–Crippen LogP) is 1.72. The highest BCUT2D eigenvalue weighted by Crippen LogP contribution is 2.33. The SMILES string of the molecule is CC(C)C([C@H](N)C(=O)O)C(C)(C)C. The second-order valence-electron chi connectivity index (χ2n) is 5.00. The monoisotopic (exact) mass is 187 g/mol. The topological polar surface area (TPSA) is 63.3 Å². The van der Waals surface area contributed by atoms with Crippen LogP contribution in [0.4, 0.5) is 0 Å². The van der Waals surface area contributed by atoms with Crippen LogP contribution in [0.2, 0.25) is 0 Å². The van der Waals surface area contributed by atoms with Gasteiger partial charge in [-0.05, 0) is 17.3 Å². The molecular formula is C10H21NO2. The van der Waals surface area contributed by atoms with E-state index in [2.05, 4.69) is 0 Å². The van der Waals surface area contributed by atoms with Gasteiger partial charge in [0.15, 0.2) is 0 Å². The molecule has 78 valence electrons. The van der Waals surface area contributed by atoms with Crippen LogP contribution in [0.5, 0.6) is 0 Å². The molecule has 3 nitrogen and oxygen atoms in total. The summed E-state index contributed by atoms with van der Waals surface area (Å²) in [4.78, 5) is 10.8. The molecule has 2 atom stereocenters. The van der Waals surface area contributed by atoms with Gasteiger partial charge in [0.05, 0.1) is 0 Å². The lowest BCUT2D eigenvalue weighted by atomic mass is 9.70. The van der Waals surface area contributed by atoms with Crippen molar-refractivity contribution in [1.82, 2.24) is 0 Å². The van der Waals surface area contributed by atoms with E-state index >= 15 is 0 Å². The van der Waals surface area contributed by atoms with Crippen molar-refractivity contribution in [2.75, 3.05) is 0 Å². The van der Waals surface area contributed by atoms with Crippen LogP contribution in [0.1, 0.15) is 34.6 Å². The second kappa shape index (κ2) is 4.09. The van der Waals surface area contributed by atoms with Crippen LogP contribution in [-0.2, 0) is 4.79 Å². The Labute approximate surface area is 80.3 Å².